The summed E-state index contributed by atoms with van der Waals surface area (Å²) in [7, 11) is 0. The summed E-state index contributed by atoms with van der Waals surface area (Å²) in [4.78, 5) is 2.38. The lowest BCUT2D eigenvalue weighted by Gasteiger charge is -2.34. The molecule has 4 heteroatoms. The standard InChI is InChI=1S/C14H18ClFN2/c15-13-4-3-12(16)7-11(13)8-18-6-5-17-14(9-18)10-1-2-10/h3-4,7,10,14,17H,1-2,5-6,8-9H2. The fourth-order valence-corrected chi connectivity index (χ4v) is 2.88. The molecule has 0 bridgehead atoms. The molecule has 0 spiro atoms. The van der Waals surface area contributed by atoms with Gasteiger partial charge in [-0.05, 0) is 42.5 Å². The summed E-state index contributed by atoms with van der Waals surface area (Å²) in [5.74, 6) is 0.652. The van der Waals surface area contributed by atoms with Gasteiger partial charge < -0.3 is 5.32 Å². The molecule has 1 aliphatic heterocycles. The zero-order valence-corrected chi connectivity index (χ0v) is 11.1. The van der Waals surface area contributed by atoms with Gasteiger partial charge >= 0.3 is 0 Å². The van der Waals surface area contributed by atoms with Crippen molar-refractivity contribution in [3.05, 3.63) is 34.6 Å². The van der Waals surface area contributed by atoms with Crippen LogP contribution in [0.5, 0.6) is 0 Å². The monoisotopic (exact) mass is 268 g/mol. The predicted molar refractivity (Wildman–Crippen MR) is 71.2 cm³/mol. The minimum Gasteiger partial charge on any atom is -0.311 e. The topological polar surface area (TPSA) is 15.3 Å². The molecule has 1 saturated carbocycles. The van der Waals surface area contributed by atoms with Crippen LogP contribution in [0.4, 0.5) is 4.39 Å². The van der Waals surface area contributed by atoms with Crippen molar-refractivity contribution in [1.82, 2.24) is 10.2 Å². The molecule has 0 aromatic heterocycles. The van der Waals surface area contributed by atoms with Crippen LogP contribution in [0.15, 0.2) is 18.2 Å². The van der Waals surface area contributed by atoms with Crippen molar-refractivity contribution < 1.29 is 4.39 Å². The van der Waals surface area contributed by atoms with E-state index in [0.29, 0.717) is 11.1 Å². The van der Waals surface area contributed by atoms with E-state index in [2.05, 4.69) is 10.2 Å². The summed E-state index contributed by atoms with van der Waals surface area (Å²) >= 11 is 6.12. The second kappa shape index (κ2) is 5.16. The molecule has 1 saturated heterocycles. The number of nitrogens with one attached hydrogen (secondary N) is 1. The van der Waals surface area contributed by atoms with Gasteiger partial charge in [-0.25, -0.2) is 4.39 Å². The third kappa shape index (κ3) is 2.85. The van der Waals surface area contributed by atoms with Gasteiger partial charge in [-0.2, -0.15) is 0 Å². The van der Waals surface area contributed by atoms with Gasteiger partial charge in [-0.3, -0.25) is 4.90 Å². The summed E-state index contributed by atoms with van der Waals surface area (Å²) in [5.41, 5.74) is 0.896. The molecular formula is C14H18ClFN2. The molecule has 1 heterocycles. The lowest BCUT2D eigenvalue weighted by atomic mass is 10.1. The Hall–Kier alpha value is -0.640. The van der Waals surface area contributed by atoms with Gasteiger partial charge in [0.2, 0.25) is 0 Å². The molecular weight excluding hydrogens is 251 g/mol. The first-order chi connectivity index (χ1) is 8.72. The molecule has 0 amide bonds. The third-order valence-electron chi connectivity index (χ3n) is 3.88. The maximum absolute atomic E-state index is 13.2. The minimum absolute atomic E-state index is 0.205. The van der Waals surface area contributed by atoms with Gasteiger partial charge in [-0.15, -0.1) is 0 Å². The lowest BCUT2D eigenvalue weighted by molar-refractivity contribution is 0.181. The molecule has 1 aromatic carbocycles. The van der Waals surface area contributed by atoms with E-state index in [1.54, 1.807) is 12.1 Å². The van der Waals surface area contributed by atoms with Crippen LogP contribution >= 0.6 is 11.6 Å². The smallest absolute Gasteiger partial charge is 0.123 e. The molecule has 18 heavy (non-hydrogen) atoms. The summed E-state index contributed by atoms with van der Waals surface area (Å²) in [6.07, 6.45) is 2.71. The maximum atomic E-state index is 13.2. The maximum Gasteiger partial charge on any atom is 0.123 e. The Morgan fingerprint density at radius 2 is 2.22 bits per heavy atom. The Labute approximate surface area is 112 Å². The van der Waals surface area contributed by atoms with E-state index in [9.17, 15) is 4.39 Å². The molecule has 1 N–H and O–H groups in total. The van der Waals surface area contributed by atoms with Crippen LogP contribution in [0, 0.1) is 11.7 Å². The normalized spacial score (nSPS) is 25.3. The molecule has 1 aliphatic carbocycles. The van der Waals surface area contributed by atoms with E-state index in [1.807, 2.05) is 0 Å². The molecule has 2 nitrogen and oxygen atoms in total. The van der Waals surface area contributed by atoms with E-state index in [1.165, 1.54) is 18.9 Å². The van der Waals surface area contributed by atoms with Crippen molar-refractivity contribution in [3.63, 3.8) is 0 Å². The molecule has 1 atom stereocenters. The van der Waals surface area contributed by atoms with Crippen LogP contribution in [-0.4, -0.2) is 30.6 Å². The van der Waals surface area contributed by atoms with Crippen LogP contribution in [0.2, 0.25) is 5.02 Å². The molecule has 2 aliphatic rings. The summed E-state index contributed by atoms with van der Waals surface area (Å²) in [6.45, 7) is 3.84. The third-order valence-corrected chi connectivity index (χ3v) is 4.25. The van der Waals surface area contributed by atoms with Crippen molar-refractivity contribution >= 4 is 11.6 Å². The van der Waals surface area contributed by atoms with Gasteiger partial charge in [0.25, 0.3) is 0 Å². The van der Waals surface area contributed by atoms with Gasteiger partial charge in [0.1, 0.15) is 5.82 Å². The van der Waals surface area contributed by atoms with Gasteiger partial charge in [0, 0.05) is 37.2 Å². The first-order valence-electron chi connectivity index (χ1n) is 6.62. The van der Waals surface area contributed by atoms with Crippen LogP contribution in [0.3, 0.4) is 0 Å². The quantitative estimate of drug-likeness (QED) is 0.907. The number of rotatable bonds is 3. The molecule has 1 aromatic rings. The van der Waals surface area contributed by atoms with Crippen molar-refractivity contribution in [2.75, 3.05) is 19.6 Å². The molecule has 98 valence electrons. The van der Waals surface area contributed by atoms with Gasteiger partial charge in [0.15, 0.2) is 0 Å². The highest BCUT2D eigenvalue weighted by atomic mass is 35.5. The Morgan fingerprint density at radius 3 is 3.00 bits per heavy atom. The van der Waals surface area contributed by atoms with Crippen molar-refractivity contribution in [2.45, 2.75) is 25.4 Å². The Morgan fingerprint density at radius 1 is 1.39 bits per heavy atom. The largest absolute Gasteiger partial charge is 0.311 e. The summed E-state index contributed by atoms with van der Waals surface area (Å²) in [5, 5.41) is 4.24. The van der Waals surface area contributed by atoms with Crippen LogP contribution in [0.1, 0.15) is 18.4 Å². The number of nitrogens with zero attached hydrogens (tertiary/aromatic N) is 1. The van der Waals surface area contributed by atoms with Gasteiger partial charge in [0.05, 0.1) is 0 Å². The fourth-order valence-electron chi connectivity index (χ4n) is 2.71. The summed E-state index contributed by atoms with van der Waals surface area (Å²) < 4.78 is 13.2. The van der Waals surface area contributed by atoms with Crippen LogP contribution in [-0.2, 0) is 6.54 Å². The highest BCUT2D eigenvalue weighted by molar-refractivity contribution is 6.31. The fraction of sp³-hybridized carbons (Fsp3) is 0.571. The highest BCUT2D eigenvalue weighted by Gasteiger charge is 2.33. The molecule has 0 radical (unpaired) electrons. The van der Waals surface area contributed by atoms with Crippen molar-refractivity contribution in [3.8, 4) is 0 Å². The minimum atomic E-state index is -0.205. The lowest BCUT2D eigenvalue weighted by Crippen LogP contribution is -2.51. The number of hydrogen-bond donors (Lipinski definition) is 1. The van der Waals surface area contributed by atoms with Crippen LogP contribution < -0.4 is 5.32 Å². The molecule has 3 rings (SSSR count). The molecule has 1 unspecified atom stereocenters. The summed E-state index contributed by atoms with van der Waals surface area (Å²) in [6, 6.07) is 5.23. The van der Waals surface area contributed by atoms with Crippen molar-refractivity contribution in [1.29, 1.82) is 0 Å². The van der Waals surface area contributed by atoms with E-state index in [4.69, 9.17) is 11.6 Å². The Kier molecular flexibility index (Phi) is 3.55. The predicted octanol–water partition coefficient (Wildman–Crippen LogP) is 2.66. The van der Waals surface area contributed by atoms with E-state index >= 15 is 0 Å². The van der Waals surface area contributed by atoms with Gasteiger partial charge in [-0.1, -0.05) is 11.6 Å². The number of hydrogen-bond acceptors (Lipinski definition) is 2. The highest BCUT2D eigenvalue weighted by Crippen LogP contribution is 2.34. The first-order valence-corrected chi connectivity index (χ1v) is 7.00. The second-order valence-corrected chi connectivity index (χ2v) is 5.78. The second-order valence-electron chi connectivity index (χ2n) is 5.37. The van der Waals surface area contributed by atoms with Crippen molar-refractivity contribution in [2.24, 2.45) is 5.92 Å². The zero-order valence-electron chi connectivity index (χ0n) is 10.3. The first kappa shape index (κ1) is 12.4. The van der Waals surface area contributed by atoms with Crippen LogP contribution in [0.25, 0.3) is 0 Å². The Balaban J connectivity index is 1.65. The average Bonchev–Trinajstić information content (AvgIpc) is 3.18. The Bertz CT molecular complexity index is 434. The SMILES string of the molecule is Fc1ccc(Cl)c(CN2CCNC(C3CC3)C2)c1. The number of halogens is 2. The number of piperazine rings is 1. The zero-order chi connectivity index (χ0) is 12.5. The van der Waals surface area contributed by atoms with E-state index in [0.717, 1.165) is 37.7 Å². The molecule has 2 fully saturated rings. The average molecular weight is 269 g/mol. The van der Waals surface area contributed by atoms with E-state index in [-0.39, 0.29) is 5.82 Å². The van der Waals surface area contributed by atoms with E-state index < -0.39 is 0 Å². The number of benzene rings is 1.